The second-order valence-electron chi connectivity index (χ2n) is 5.35. The molecule has 1 aliphatic rings. The SMILES string of the molecule is CC(C)C(=O)N1CCC(C(=O)N[C@@H](C)CO)CC1. The van der Waals surface area contributed by atoms with Crippen molar-refractivity contribution in [2.24, 2.45) is 11.8 Å². The van der Waals surface area contributed by atoms with Crippen molar-refractivity contribution in [3.63, 3.8) is 0 Å². The third kappa shape index (κ3) is 3.98. The van der Waals surface area contributed by atoms with Gasteiger partial charge in [0.15, 0.2) is 0 Å². The lowest BCUT2D eigenvalue weighted by Gasteiger charge is -2.32. The van der Waals surface area contributed by atoms with Crippen LogP contribution in [0.3, 0.4) is 0 Å². The molecule has 5 heteroatoms. The fourth-order valence-electron chi connectivity index (χ4n) is 2.13. The van der Waals surface area contributed by atoms with Gasteiger partial charge in [-0.1, -0.05) is 13.8 Å². The van der Waals surface area contributed by atoms with E-state index < -0.39 is 0 Å². The summed E-state index contributed by atoms with van der Waals surface area (Å²) in [5.41, 5.74) is 0. The summed E-state index contributed by atoms with van der Waals surface area (Å²) in [7, 11) is 0. The number of carbonyl (C=O) groups excluding carboxylic acids is 2. The van der Waals surface area contributed by atoms with Gasteiger partial charge in [-0.15, -0.1) is 0 Å². The number of hydrogen-bond donors (Lipinski definition) is 2. The Morgan fingerprint density at radius 2 is 1.83 bits per heavy atom. The fourth-order valence-corrected chi connectivity index (χ4v) is 2.13. The standard InChI is InChI=1S/C13H24N2O3/c1-9(2)13(18)15-6-4-11(5-7-15)12(17)14-10(3)8-16/h9-11,16H,4-8H2,1-3H3,(H,14,17)/t10-/m0/s1. The lowest BCUT2D eigenvalue weighted by atomic mass is 9.95. The maximum absolute atomic E-state index is 11.9. The Morgan fingerprint density at radius 3 is 2.28 bits per heavy atom. The molecule has 1 heterocycles. The third-order valence-electron chi connectivity index (χ3n) is 3.33. The van der Waals surface area contributed by atoms with Crippen LogP contribution < -0.4 is 5.32 Å². The molecule has 1 rings (SSSR count). The summed E-state index contributed by atoms with van der Waals surface area (Å²) in [5, 5.41) is 11.7. The van der Waals surface area contributed by atoms with E-state index in [4.69, 9.17) is 5.11 Å². The topological polar surface area (TPSA) is 69.6 Å². The number of amides is 2. The summed E-state index contributed by atoms with van der Waals surface area (Å²) < 4.78 is 0. The number of aliphatic hydroxyl groups is 1. The van der Waals surface area contributed by atoms with Crippen molar-refractivity contribution in [2.75, 3.05) is 19.7 Å². The first-order valence-corrected chi connectivity index (χ1v) is 6.65. The van der Waals surface area contributed by atoms with Crippen LogP contribution in [0.15, 0.2) is 0 Å². The zero-order chi connectivity index (χ0) is 13.7. The van der Waals surface area contributed by atoms with Gasteiger partial charge in [-0.25, -0.2) is 0 Å². The molecular weight excluding hydrogens is 232 g/mol. The van der Waals surface area contributed by atoms with Crippen LogP contribution in [0.4, 0.5) is 0 Å². The lowest BCUT2D eigenvalue weighted by molar-refractivity contribution is -0.138. The molecule has 18 heavy (non-hydrogen) atoms. The van der Waals surface area contributed by atoms with Crippen molar-refractivity contribution >= 4 is 11.8 Å². The monoisotopic (exact) mass is 256 g/mol. The second-order valence-corrected chi connectivity index (χ2v) is 5.35. The van der Waals surface area contributed by atoms with Gasteiger partial charge in [0.1, 0.15) is 0 Å². The van der Waals surface area contributed by atoms with Gasteiger partial charge in [0.2, 0.25) is 11.8 Å². The fraction of sp³-hybridized carbons (Fsp3) is 0.846. The predicted molar refractivity (Wildman–Crippen MR) is 68.8 cm³/mol. The van der Waals surface area contributed by atoms with E-state index in [1.165, 1.54) is 0 Å². The van der Waals surface area contributed by atoms with E-state index in [1.54, 1.807) is 6.92 Å². The molecule has 104 valence electrons. The molecule has 0 bridgehead atoms. The number of rotatable bonds is 4. The first-order valence-electron chi connectivity index (χ1n) is 6.65. The van der Waals surface area contributed by atoms with Gasteiger partial charge >= 0.3 is 0 Å². The highest BCUT2D eigenvalue weighted by atomic mass is 16.3. The number of piperidine rings is 1. The summed E-state index contributed by atoms with van der Waals surface area (Å²) in [6.07, 6.45) is 1.42. The molecule has 0 spiro atoms. The molecule has 5 nitrogen and oxygen atoms in total. The van der Waals surface area contributed by atoms with Gasteiger partial charge in [-0.2, -0.15) is 0 Å². The van der Waals surface area contributed by atoms with Crippen molar-refractivity contribution in [1.82, 2.24) is 10.2 Å². The zero-order valence-corrected chi connectivity index (χ0v) is 11.5. The van der Waals surface area contributed by atoms with Crippen LogP contribution in [0.5, 0.6) is 0 Å². The molecule has 0 aromatic rings. The Morgan fingerprint density at radius 1 is 1.28 bits per heavy atom. The van der Waals surface area contributed by atoms with E-state index >= 15 is 0 Å². The molecule has 0 aromatic carbocycles. The summed E-state index contributed by atoms with van der Waals surface area (Å²) in [6.45, 7) is 6.82. The van der Waals surface area contributed by atoms with Gasteiger partial charge in [-0.05, 0) is 19.8 Å². The van der Waals surface area contributed by atoms with Crippen molar-refractivity contribution in [2.45, 2.75) is 39.7 Å². The zero-order valence-electron chi connectivity index (χ0n) is 11.5. The molecule has 2 N–H and O–H groups in total. The lowest BCUT2D eigenvalue weighted by Crippen LogP contribution is -2.46. The number of nitrogens with one attached hydrogen (secondary N) is 1. The smallest absolute Gasteiger partial charge is 0.225 e. The maximum Gasteiger partial charge on any atom is 0.225 e. The Bertz CT molecular complexity index is 297. The molecule has 0 radical (unpaired) electrons. The van der Waals surface area contributed by atoms with E-state index in [-0.39, 0.29) is 36.3 Å². The van der Waals surface area contributed by atoms with Gasteiger partial charge in [0.25, 0.3) is 0 Å². The first kappa shape index (κ1) is 15.0. The number of carbonyl (C=O) groups is 2. The van der Waals surface area contributed by atoms with E-state index in [9.17, 15) is 9.59 Å². The van der Waals surface area contributed by atoms with Crippen LogP contribution >= 0.6 is 0 Å². The summed E-state index contributed by atoms with van der Waals surface area (Å²) in [6, 6.07) is -0.201. The molecule has 0 saturated carbocycles. The molecule has 1 fully saturated rings. The summed E-state index contributed by atoms with van der Waals surface area (Å²) in [4.78, 5) is 25.5. The Kier molecular flexibility index (Phi) is 5.59. The van der Waals surface area contributed by atoms with Crippen LogP contribution in [0.2, 0.25) is 0 Å². The average Bonchev–Trinajstić information content (AvgIpc) is 2.37. The van der Waals surface area contributed by atoms with E-state index in [2.05, 4.69) is 5.32 Å². The third-order valence-corrected chi connectivity index (χ3v) is 3.33. The Hall–Kier alpha value is -1.10. The predicted octanol–water partition coefficient (Wildman–Crippen LogP) is 0.378. The number of hydrogen-bond acceptors (Lipinski definition) is 3. The minimum Gasteiger partial charge on any atom is -0.394 e. The Labute approximate surface area is 109 Å². The van der Waals surface area contributed by atoms with Crippen LogP contribution in [-0.4, -0.2) is 47.6 Å². The molecule has 1 atom stereocenters. The minimum absolute atomic E-state index is 0.00630. The van der Waals surface area contributed by atoms with Crippen LogP contribution in [-0.2, 0) is 9.59 Å². The van der Waals surface area contributed by atoms with Crippen LogP contribution in [0, 0.1) is 11.8 Å². The van der Waals surface area contributed by atoms with Gasteiger partial charge in [0, 0.05) is 31.0 Å². The second kappa shape index (κ2) is 6.73. The number of aliphatic hydroxyl groups excluding tert-OH is 1. The average molecular weight is 256 g/mol. The van der Waals surface area contributed by atoms with E-state index in [0.717, 1.165) is 0 Å². The highest BCUT2D eigenvalue weighted by molar-refractivity contribution is 5.80. The normalized spacial score (nSPS) is 18.8. The van der Waals surface area contributed by atoms with Crippen LogP contribution in [0.1, 0.15) is 33.6 Å². The molecule has 0 aliphatic carbocycles. The highest BCUT2D eigenvalue weighted by Gasteiger charge is 2.28. The van der Waals surface area contributed by atoms with E-state index in [0.29, 0.717) is 25.9 Å². The Balaban J connectivity index is 2.39. The van der Waals surface area contributed by atoms with Crippen molar-refractivity contribution in [3.05, 3.63) is 0 Å². The van der Waals surface area contributed by atoms with Gasteiger partial charge in [-0.3, -0.25) is 9.59 Å². The molecule has 1 aliphatic heterocycles. The quantitative estimate of drug-likeness (QED) is 0.764. The van der Waals surface area contributed by atoms with E-state index in [1.807, 2.05) is 18.7 Å². The van der Waals surface area contributed by atoms with Crippen molar-refractivity contribution < 1.29 is 14.7 Å². The first-order chi connectivity index (χ1) is 8.45. The van der Waals surface area contributed by atoms with Crippen molar-refractivity contribution in [3.8, 4) is 0 Å². The molecular formula is C13H24N2O3. The van der Waals surface area contributed by atoms with Crippen LogP contribution in [0.25, 0.3) is 0 Å². The molecule has 1 saturated heterocycles. The highest BCUT2D eigenvalue weighted by Crippen LogP contribution is 2.19. The number of nitrogens with zero attached hydrogens (tertiary/aromatic N) is 1. The number of likely N-dealkylation sites (tertiary alicyclic amines) is 1. The molecule has 0 unspecified atom stereocenters. The largest absolute Gasteiger partial charge is 0.394 e. The van der Waals surface area contributed by atoms with Crippen molar-refractivity contribution in [1.29, 1.82) is 0 Å². The summed E-state index contributed by atoms with van der Waals surface area (Å²) in [5.74, 6) is 0.144. The molecule has 0 aromatic heterocycles. The van der Waals surface area contributed by atoms with Gasteiger partial charge < -0.3 is 15.3 Å². The maximum atomic E-state index is 11.9. The van der Waals surface area contributed by atoms with Gasteiger partial charge in [0.05, 0.1) is 6.61 Å². The minimum atomic E-state index is -0.201. The summed E-state index contributed by atoms with van der Waals surface area (Å²) >= 11 is 0. The molecule has 2 amide bonds.